The van der Waals surface area contributed by atoms with Gasteiger partial charge in [-0.1, -0.05) is 12.8 Å². The van der Waals surface area contributed by atoms with Crippen molar-refractivity contribution in [2.24, 2.45) is 0 Å². The van der Waals surface area contributed by atoms with Crippen molar-refractivity contribution in [2.75, 3.05) is 37.7 Å². The highest BCUT2D eigenvalue weighted by Crippen LogP contribution is 2.35. The molecule has 0 spiro atoms. The van der Waals surface area contributed by atoms with Crippen LogP contribution < -0.4 is 4.90 Å². The van der Waals surface area contributed by atoms with Crippen molar-refractivity contribution in [3.8, 4) is 0 Å². The molecule has 1 aromatic heterocycles. The molecule has 0 radical (unpaired) electrons. The number of thiazole rings is 1. The number of anilines is 1. The molecule has 1 atom stereocenters. The van der Waals surface area contributed by atoms with E-state index in [4.69, 9.17) is 9.72 Å². The SMILES string of the molecule is c1sc(N2CCCC2)nc1[C@@H]1COCCN1C1CCCC1. The Morgan fingerprint density at radius 2 is 1.90 bits per heavy atom. The molecule has 0 unspecified atom stereocenters. The fourth-order valence-corrected chi connectivity index (χ4v) is 4.95. The lowest BCUT2D eigenvalue weighted by molar-refractivity contribution is -0.0302. The second kappa shape index (κ2) is 6.23. The van der Waals surface area contributed by atoms with E-state index < -0.39 is 0 Å². The van der Waals surface area contributed by atoms with E-state index in [1.807, 2.05) is 11.3 Å². The fourth-order valence-electron chi connectivity index (χ4n) is 4.03. The molecule has 0 amide bonds. The van der Waals surface area contributed by atoms with Crippen molar-refractivity contribution >= 4 is 16.5 Å². The average molecular weight is 307 g/mol. The quantitative estimate of drug-likeness (QED) is 0.858. The van der Waals surface area contributed by atoms with E-state index in [0.29, 0.717) is 6.04 Å². The summed E-state index contributed by atoms with van der Waals surface area (Å²) in [6.45, 7) is 5.14. The molecule has 21 heavy (non-hydrogen) atoms. The highest BCUT2D eigenvalue weighted by Gasteiger charge is 2.33. The van der Waals surface area contributed by atoms with Gasteiger partial charge in [0.2, 0.25) is 0 Å². The van der Waals surface area contributed by atoms with Gasteiger partial charge in [-0.25, -0.2) is 4.98 Å². The van der Waals surface area contributed by atoms with Crippen LogP contribution in [-0.4, -0.2) is 48.8 Å². The van der Waals surface area contributed by atoms with Crippen molar-refractivity contribution in [1.29, 1.82) is 0 Å². The summed E-state index contributed by atoms with van der Waals surface area (Å²) in [5, 5.41) is 3.49. The van der Waals surface area contributed by atoms with Crippen LogP contribution in [0.25, 0.3) is 0 Å². The minimum Gasteiger partial charge on any atom is -0.378 e. The van der Waals surface area contributed by atoms with E-state index in [1.165, 1.54) is 62.4 Å². The number of nitrogens with zero attached hydrogens (tertiary/aromatic N) is 3. The molecule has 0 N–H and O–H groups in total. The van der Waals surface area contributed by atoms with Crippen molar-refractivity contribution < 1.29 is 4.74 Å². The Balaban J connectivity index is 1.52. The largest absolute Gasteiger partial charge is 0.378 e. The molecule has 3 aliphatic rings. The average Bonchev–Trinajstić information content (AvgIpc) is 3.27. The van der Waals surface area contributed by atoms with Crippen LogP contribution >= 0.6 is 11.3 Å². The zero-order chi connectivity index (χ0) is 14.1. The van der Waals surface area contributed by atoms with Crippen LogP contribution in [-0.2, 0) is 4.74 Å². The second-order valence-electron chi connectivity index (χ2n) is 6.52. The van der Waals surface area contributed by atoms with Crippen molar-refractivity contribution in [1.82, 2.24) is 9.88 Å². The molecule has 116 valence electrons. The van der Waals surface area contributed by atoms with Gasteiger partial charge in [-0.05, 0) is 25.7 Å². The molecular weight excluding hydrogens is 282 g/mol. The van der Waals surface area contributed by atoms with Crippen LogP contribution in [0.5, 0.6) is 0 Å². The highest BCUT2D eigenvalue weighted by molar-refractivity contribution is 7.13. The molecule has 1 saturated carbocycles. The molecule has 5 heteroatoms. The topological polar surface area (TPSA) is 28.6 Å². The third-order valence-corrected chi connectivity index (χ3v) is 6.11. The summed E-state index contributed by atoms with van der Waals surface area (Å²) in [6, 6.07) is 1.14. The summed E-state index contributed by atoms with van der Waals surface area (Å²) in [4.78, 5) is 10.1. The van der Waals surface area contributed by atoms with E-state index in [-0.39, 0.29) is 0 Å². The third kappa shape index (κ3) is 2.83. The van der Waals surface area contributed by atoms with E-state index in [1.54, 1.807) is 0 Å². The maximum Gasteiger partial charge on any atom is 0.185 e. The van der Waals surface area contributed by atoms with Gasteiger partial charge in [0, 0.05) is 31.1 Å². The minimum absolute atomic E-state index is 0.384. The molecule has 2 saturated heterocycles. The lowest BCUT2D eigenvalue weighted by Gasteiger charge is -2.38. The lowest BCUT2D eigenvalue weighted by atomic mass is 10.1. The standard InChI is InChI=1S/C16H25N3OS/c1-2-6-13(5-1)19-9-10-20-11-15(19)14-12-21-16(17-14)18-7-3-4-8-18/h12-13,15H,1-11H2/t15-/m0/s1. The van der Waals surface area contributed by atoms with E-state index in [2.05, 4.69) is 15.2 Å². The normalized spacial score (nSPS) is 28.6. The minimum atomic E-state index is 0.384. The number of hydrogen-bond donors (Lipinski definition) is 0. The molecule has 4 nitrogen and oxygen atoms in total. The van der Waals surface area contributed by atoms with Gasteiger partial charge in [-0.15, -0.1) is 11.3 Å². The van der Waals surface area contributed by atoms with Gasteiger partial charge < -0.3 is 9.64 Å². The third-order valence-electron chi connectivity index (χ3n) is 5.19. The van der Waals surface area contributed by atoms with Gasteiger partial charge in [0.25, 0.3) is 0 Å². The van der Waals surface area contributed by atoms with E-state index in [0.717, 1.165) is 25.8 Å². The summed E-state index contributed by atoms with van der Waals surface area (Å²) in [5.74, 6) is 0. The fraction of sp³-hybridized carbons (Fsp3) is 0.812. The molecule has 0 bridgehead atoms. The Hall–Kier alpha value is -0.650. The van der Waals surface area contributed by atoms with Crippen LogP contribution in [0, 0.1) is 0 Å². The van der Waals surface area contributed by atoms with Crippen LogP contribution in [0.15, 0.2) is 5.38 Å². The molecule has 0 aromatic carbocycles. The lowest BCUT2D eigenvalue weighted by Crippen LogP contribution is -2.44. The Morgan fingerprint density at radius 3 is 2.71 bits per heavy atom. The Morgan fingerprint density at radius 1 is 1.10 bits per heavy atom. The summed E-state index contributed by atoms with van der Waals surface area (Å²) in [7, 11) is 0. The smallest absolute Gasteiger partial charge is 0.185 e. The number of morpholine rings is 1. The van der Waals surface area contributed by atoms with Crippen LogP contribution in [0.2, 0.25) is 0 Å². The van der Waals surface area contributed by atoms with Crippen molar-refractivity contribution in [3.63, 3.8) is 0 Å². The summed E-state index contributed by atoms with van der Waals surface area (Å²) in [5.41, 5.74) is 1.24. The first-order chi connectivity index (χ1) is 10.4. The molecule has 4 rings (SSSR count). The van der Waals surface area contributed by atoms with Crippen molar-refractivity contribution in [2.45, 2.75) is 50.6 Å². The predicted molar refractivity (Wildman–Crippen MR) is 86.1 cm³/mol. The van der Waals surface area contributed by atoms with E-state index in [9.17, 15) is 0 Å². The van der Waals surface area contributed by atoms with Gasteiger partial charge >= 0.3 is 0 Å². The molecular formula is C16H25N3OS. The first-order valence-corrected chi connectivity index (χ1v) is 9.33. The van der Waals surface area contributed by atoms with Gasteiger partial charge in [-0.3, -0.25) is 4.90 Å². The maximum atomic E-state index is 5.77. The van der Waals surface area contributed by atoms with Crippen molar-refractivity contribution in [3.05, 3.63) is 11.1 Å². The Kier molecular flexibility index (Phi) is 4.14. The predicted octanol–water partition coefficient (Wildman–Crippen LogP) is 3.06. The number of rotatable bonds is 3. The molecule has 1 aliphatic carbocycles. The molecule has 1 aromatic rings. The monoisotopic (exact) mass is 307 g/mol. The maximum absolute atomic E-state index is 5.77. The number of hydrogen-bond acceptors (Lipinski definition) is 5. The first-order valence-electron chi connectivity index (χ1n) is 8.46. The van der Waals surface area contributed by atoms with E-state index >= 15 is 0 Å². The van der Waals surface area contributed by atoms with Gasteiger partial charge in [-0.2, -0.15) is 0 Å². The first kappa shape index (κ1) is 14.0. The van der Waals surface area contributed by atoms with Crippen LogP contribution in [0.1, 0.15) is 50.3 Å². The molecule has 2 aliphatic heterocycles. The Labute approximate surface area is 131 Å². The summed E-state index contributed by atoms with van der Waals surface area (Å²) >= 11 is 1.82. The molecule has 3 fully saturated rings. The second-order valence-corrected chi connectivity index (χ2v) is 7.35. The number of aromatic nitrogens is 1. The zero-order valence-corrected chi connectivity index (χ0v) is 13.5. The summed E-state index contributed by atoms with van der Waals surface area (Å²) < 4.78 is 5.77. The van der Waals surface area contributed by atoms with Gasteiger partial charge in [0.05, 0.1) is 24.9 Å². The molecule has 3 heterocycles. The van der Waals surface area contributed by atoms with Gasteiger partial charge in [0.1, 0.15) is 0 Å². The number of ether oxygens (including phenoxy) is 1. The van der Waals surface area contributed by atoms with Gasteiger partial charge in [0.15, 0.2) is 5.13 Å². The zero-order valence-electron chi connectivity index (χ0n) is 12.7. The highest BCUT2D eigenvalue weighted by atomic mass is 32.1. The summed E-state index contributed by atoms with van der Waals surface area (Å²) in [6.07, 6.45) is 8.14. The van der Waals surface area contributed by atoms with Crippen LogP contribution in [0.4, 0.5) is 5.13 Å². The Bertz CT molecular complexity index is 466. The van der Waals surface area contributed by atoms with Crippen LogP contribution in [0.3, 0.4) is 0 Å².